The van der Waals surface area contributed by atoms with Crippen molar-refractivity contribution in [3.8, 4) is 0 Å². The number of aromatic nitrogens is 2. The van der Waals surface area contributed by atoms with Gasteiger partial charge in [-0.05, 0) is 63.5 Å². The van der Waals surface area contributed by atoms with Gasteiger partial charge in [0.1, 0.15) is 5.82 Å². The lowest BCUT2D eigenvalue weighted by Crippen LogP contribution is -2.51. The highest BCUT2D eigenvalue weighted by Crippen LogP contribution is 2.46. The van der Waals surface area contributed by atoms with Crippen molar-refractivity contribution in [1.29, 1.82) is 0 Å². The van der Waals surface area contributed by atoms with Crippen LogP contribution in [0.3, 0.4) is 0 Å². The summed E-state index contributed by atoms with van der Waals surface area (Å²) in [4.78, 5) is 8.10. The first-order chi connectivity index (χ1) is 14.3. The molecule has 4 aliphatic rings. The number of imidazole rings is 1. The summed E-state index contributed by atoms with van der Waals surface area (Å²) in [6, 6.07) is 11.8. The molecule has 0 spiro atoms. The van der Waals surface area contributed by atoms with Crippen molar-refractivity contribution in [2.75, 3.05) is 13.1 Å². The molecule has 0 radical (unpaired) electrons. The molecule has 4 fully saturated rings. The lowest BCUT2D eigenvalue weighted by Gasteiger charge is -2.46. The molecule has 1 aliphatic carbocycles. The summed E-state index contributed by atoms with van der Waals surface area (Å²) < 4.78 is 2.68. The second kappa shape index (κ2) is 7.39. The van der Waals surface area contributed by atoms with E-state index < -0.39 is 0 Å². The summed E-state index contributed by atoms with van der Waals surface area (Å²) in [6.07, 6.45) is 12.8. The zero-order valence-electron chi connectivity index (χ0n) is 17.9. The summed E-state index contributed by atoms with van der Waals surface area (Å²) in [7, 11) is 0. The van der Waals surface area contributed by atoms with Crippen molar-refractivity contribution >= 4 is 11.0 Å². The van der Waals surface area contributed by atoms with Gasteiger partial charge in [0.2, 0.25) is 0 Å². The van der Waals surface area contributed by atoms with Crippen molar-refractivity contribution in [3.63, 3.8) is 0 Å². The van der Waals surface area contributed by atoms with E-state index in [9.17, 15) is 0 Å². The normalized spacial score (nSPS) is 32.5. The van der Waals surface area contributed by atoms with E-state index >= 15 is 0 Å². The monoisotopic (exact) mass is 392 g/mol. The van der Waals surface area contributed by atoms with Crippen molar-refractivity contribution in [3.05, 3.63) is 30.1 Å². The second-order valence-corrected chi connectivity index (χ2v) is 10.3. The Morgan fingerprint density at radius 3 is 2.34 bits per heavy atom. The SMILES string of the molecule is CC(C1CCCCC1)N1C2CCC1CC(n1c(C3CNC3)nc3ccccc31)C2. The zero-order chi connectivity index (χ0) is 19.4. The molecule has 156 valence electrons. The quantitative estimate of drug-likeness (QED) is 0.807. The smallest absolute Gasteiger partial charge is 0.115 e. The van der Waals surface area contributed by atoms with Gasteiger partial charge in [-0.3, -0.25) is 4.90 Å². The van der Waals surface area contributed by atoms with Crippen LogP contribution in [0.2, 0.25) is 0 Å². The van der Waals surface area contributed by atoms with Crippen molar-refractivity contribution in [2.24, 2.45) is 5.92 Å². The number of para-hydroxylation sites is 2. The first kappa shape index (κ1) is 18.4. The Kier molecular flexibility index (Phi) is 4.68. The van der Waals surface area contributed by atoms with Crippen LogP contribution < -0.4 is 5.32 Å². The summed E-state index contributed by atoms with van der Waals surface area (Å²) in [6.45, 7) is 4.74. The third-order valence-corrected chi connectivity index (χ3v) is 8.70. The van der Waals surface area contributed by atoms with Gasteiger partial charge in [0, 0.05) is 43.2 Å². The maximum absolute atomic E-state index is 5.12. The van der Waals surface area contributed by atoms with Crippen molar-refractivity contribution in [1.82, 2.24) is 19.8 Å². The van der Waals surface area contributed by atoms with Crippen LogP contribution in [0.15, 0.2) is 24.3 Å². The molecule has 4 nitrogen and oxygen atoms in total. The number of hydrogen-bond donors (Lipinski definition) is 1. The molecule has 1 aromatic heterocycles. The van der Waals surface area contributed by atoms with Gasteiger partial charge in [0.25, 0.3) is 0 Å². The van der Waals surface area contributed by atoms with E-state index in [-0.39, 0.29) is 0 Å². The maximum Gasteiger partial charge on any atom is 0.115 e. The average molecular weight is 393 g/mol. The van der Waals surface area contributed by atoms with Gasteiger partial charge in [-0.1, -0.05) is 31.4 Å². The first-order valence-electron chi connectivity index (χ1n) is 12.2. The van der Waals surface area contributed by atoms with Crippen LogP contribution >= 0.6 is 0 Å². The Morgan fingerprint density at radius 2 is 1.66 bits per heavy atom. The van der Waals surface area contributed by atoms with Crippen molar-refractivity contribution < 1.29 is 0 Å². The Balaban J connectivity index is 1.29. The first-order valence-corrected chi connectivity index (χ1v) is 12.2. The molecular weight excluding hydrogens is 356 g/mol. The standard InChI is InChI=1S/C25H36N4/c1-17(18-7-3-2-4-8-18)28-20-11-12-21(28)14-22(13-20)29-24-10-6-5-9-23(24)27-25(29)19-15-26-16-19/h5-6,9-10,17-22,26H,2-4,7-8,11-16H2,1H3. The van der Waals surface area contributed by atoms with Gasteiger partial charge in [-0.2, -0.15) is 0 Å². The van der Waals surface area contributed by atoms with Crippen LogP contribution in [0, 0.1) is 5.92 Å². The minimum Gasteiger partial charge on any atom is -0.324 e. The highest BCUT2D eigenvalue weighted by molar-refractivity contribution is 5.76. The summed E-state index contributed by atoms with van der Waals surface area (Å²) in [5.41, 5.74) is 2.56. The number of nitrogens with zero attached hydrogens (tertiary/aromatic N) is 3. The Labute approximate surface area is 175 Å². The van der Waals surface area contributed by atoms with E-state index in [0.717, 1.165) is 37.1 Å². The number of hydrogen-bond acceptors (Lipinski definition) is 3. The largest absolute Gasteiger partial charge is 0.324 e. The fourth-order valence-electron chi connectivity index (χ4n) is 7.13. The molecule has 3 unspecified atom stereocenters. The van der Waals surface area contributed by atoms with Crippen LogP contribution in [0.25, 0.3) is 11.0 Å². The summed E-state index contributed by atoms with van der Waals surface area (Å²) in [5, 5.41) is 3.46. The lowest BCUT2D eigenvalue weighted by molar-refractivity contribution is 0.0333. The summed E-state index contributed by atoms with van der Waals surface area (Å²) >= 11 is 0. The number of piperidine rings is 1. The molecule has 1 saturated carbocycles. The van der Waals surface area contributed by atoms with Gasteiger partial charge in [-0.15, -0.1) is 0 Å². The molecule has 4 heteroatoms. The van der Waals surface area contributed by atoms with Gasteiger partial charge in [0.05, 0.1) is 11.0 Å². The molecular formula is C25H36N4. The van der Waals surface area contributed by atoms with E-state index in [1.165, 1.54) is 74.6 Å². The molecule has 6 rings (SSSR count). The molecule has 1 N–H and O–H groups in total. The third kappa shape index (κ3) is 3.06. The van der Waals surface area contributed by atoms with Crippen LogP contribution in [0.5, 0.6) is 0 Å². The van der Waals surface area contributed by atoms with Crippen LogP contribution in [0.4, 0.5) is 0 Å². The fourth-order valence-corrected chi connectivity index (χ4v) is 7.13. The zero-order valence-corrected chi connectivity index (χ0v) is 17.9. The van der Waals surface area contributed by atoms with E-state index in [4.69, 9.17) is 4.98 Å². The highest BCUT2D eigenvalue weighted by Gasteiger charge is 2.45. The van der Waals surface area contributed by atoms with Gasteiger partial charge in [-0.25, -0.2) is 4.98 Å². The average Bonchev–Trinajstić information content (AvgIpc) is 3.21. The number of fused-ring (bicyclic) bond motifs is 3. The van der Waals surface area contributed by atoms with E-state index in [1.807, 2.05) is 0 Å². The Bertz CT molecular complexity index is 849. The molecule has 0 amide bonds. The van der Waals surface area contributed by atoms with E-state index in [2.05, 4.69) is 46.0 Å². The van der Waals surface area contributed by atoms with Crippen LogP contribution in [-0.4, -0.2) is 45.7 Å². The molecule has 4 heterocycles. The molecule has 3 atom stereocenters. The molecule has 1 aromatic carbocycles. The third-order valence-electron chi connectivity index (χ3n) is 8.70. The van der Waals surface area contributed by atoms with Gasteiger partial charge in [0.15, 0.2) is 0 Å². The van der Waals surface area contributed by atoms with E-state index in [1.54, 1.807) is 0 Å². The molecule has 29 heavy (non-hydrogen) atoms. The number of rotatable bonds is 4. The van der Waals surface area contributed by atoms with E-state index in [0.29, 0.717) is 12.0 Å². The van der Waals surface area contributed by atoms with Crippen LogP contribution in [0.1, 0.15) is 82.5 Å². The highest BCUT2D eigenvalue weighted by atomic mass is 15.3. The van der Waals surface area contributed by atoms with Crippen molar-refractivity contribution in [2.45, 2.75) is 94.8 Å². The minimum absolute atomic E-state index is 0.597. The number of benzene rings is 1. The Morgan fingerprint density at radius 1 is 0.931 bits per heavy atom. The predicted molar refractivity (Wildman–Crippen MR) is 118 cm³/mol. The van der Waals surface area contributed by atoms with Crippen LogP contribution in [-0.2, 0) is 0 Å². The topological polar surface area (TPSA) is 33.1 Å². The minimum atomic E-state index is 0.597. The van der Waals surface area contributed by atoms with Gasteiger partial charge < -0.3 is 9.88 Å². The molecule has 2 aromatic rings. The Hall–Kier alpha value is -1.39. The lowest BCUT2D eigenvalue weighted by atomic mass is 9.82. The van der Waals surface area contributed by atoms with Gasteiger partial charge >= 0.3 is 0 Å². The maximum atomic E-state index is 5.12. The second-order valence-electron chi connectivity index (χ2n) is 10.3. The molecule has 2 bridgehead atoms. The molecule has 3 aliphatic heterocycles. The number of nitrogens with one attached hydrogen (secondary N) is 1. The summed E-state index contributed by atoms with van der Waals surface area (Å²) in [5.74, 6) is 2.89. The fraction of sp³-hybridized carbons (Fsp3) is 0.720. The predicted octanol–water partition coefficient (Wildman–Crippen LogP) is 4.86. The molecule has 3 saturated heterocycles.